The zero-order valence-electron chi connectivity index (χ0n) is 12.5. The van der Waals surface area contributed by atoms with E-state index in [2.05, 4.69) is 0 Å². The molecule has 0 radical (unpaired) electrons. The molecule has 2 rings (SSSR count). The molecule has 0 aliphatic heterocycles. The van der Waals surface area contributed by atoms with Gasteiger partial charge in [0, 0.05) is 12.1 Å². The third-order valence-electron chi connectivity index (χ3n) is 3.12. The fourth-order valence-corrected chi connectivity index (χ4v) is 3.44. The summed E-state index contributed by atoms with van der Waals surface area (Å²) in [6.07, 6.45) is 0. The second-order valence-electron chi connectivity index (χ2n) is 4.78. The number of halogens is 1. The van der Waals surface area contributed by atoms with Gasteiger partial charge >= 0.3 is 0 Å². The Hall–Kier alpha value is -3.05. The predicted molar refractivity (Wildman–Crippen MR) is 84.0 cm³/mol. The molecule has 0 atom stereocenters. The Kier molecular flexibility index (Phi) is 5.29. The van der Waals surface area contributed by atoms with E-state index in [0.717, 1.165) is 30.3 Å². The van der Waals surface area contributed by atoms with Crippen molar-refractivity contribution < 1.29 is 27.7 Å². The summed E-state index contributed by atoms with van der Waals surface area (Å²) in [4.78, 5) is 21.2. The van der Waals surface area contributed by atoms with Crippen LogP contribution in [0, 0.1) is 15.9 Å². The number of benzene rings is 2. The van der Waals surface area contributed by atoms with E-state index in [9.17, 15) is 27.7 Å². The molecule has 0 aliphatic carbocycles. The molecule has 1 amide bonds. The zero-order valence-corrected chi connectivity index (χ0v) is 13.3. The maximum Gasteiger partial charge on any atom is 0.271 e. The van der Waals surface area contributed by atoms with Gasteiger partial charge in [-0.3, -0.25) is 24.4 Å². The van der Waals surface area contributed by atoms with Crippen LogP contribution in [-0.4, -0.2) is 31.0 Å². The van der Waals surface area contributed by atoms with Crippen molar-refractivity contribution in [2.45, 2.75) is 4.90 Å². The van der Waals surface area contributed by atoms with Crippen molar-refractivity contribution >= 4 is 27.3 Å². The van der Waals surface area contributed by atoms with E-state index < -0.39 is 43.8 Å². The van der Waals surface area contributed by atoms with Crippen LogP contribution in [0.3, 0.4) is 0 Å². The number of anilines is 1. The summed E-state index contributed by atoms with van der Waals surface area (Å²) in [6, 6.07) is 8.62. The predicted octanol–water partition coefficient (Wildman–Crippen LogP) is 1.43. The average Bonchev–Trinajstić information content (AvgIpc) is 2.59. The quantitative estimate of drug-likeness (QED) is 0.450. The summed E-state index contributed by atoms with van der Waals surface area (Å²) >= 11 is 0. The molecule has 0 aromatic heterocycles. The minimum absolute atomic E-state index is 0.193. The molecule has 0 saturated carbocycles. The lowest BCUT2D eigenvalue weighted by Crippen LogP contribution is -2.40. The van der Waals surface area contributed by atoms with Crippen LogP contribution in [0.15, 0.2) is 53.4 Å². The number of nitrogens with zero attached hydrogens (tertiary/aromatic N) is 2. The molecule has 25 heavy (non-hydrogen) atoms. The van der Waals surface area contributed by atoms with Crippen LogP contribution in [0.2, 0.25) is 0 Å². The highest BCUT2D eigenvalue weighted by molar-refractivity contribution is 7.92. The van der Waals surface area contributed by atoms with Crippen molar-refractivity contribution in [2.75, 3.05) is 10.8 Å². The lowest BCUT2D eigenvalue weighted by molar-refractivity contribution is -0.384. The summed E-state index contributed by atoms with van der Waals surface area (Å²) in [5.41, 5.74) is 0.690. The zero-order chi connectivity index (χ0) is 18.6. The van der Waals surface area contributed by atoms with Gasteiger partial charge in [0.05, 0.1) is 15.5 Å². The Morgan fingerprint density at radius 3 is 2.52 bits per heavy atom. The first-order valence-corrected chi connectivity index (χ1v) is 8.15. The number of hydroxylamine groups is 1. The molecule has 0 spiro atoms. The van der Waals surface area contributed by atoms with Gasteiger partial charge in [-0.1, -0.05) is 12.1 Å². The largest absolute Gasteiger partial charge is 0.289 e. The van der Waals surface area contributed by atoms with E-state index in [1.807, 2.05) is 0 Å². The lowest BCUT2D eigenvalue weighted by Gasteiger charge is -2.23. The van der Waals surface area contributed by atoms with Crippen LogP contribution in [0.5, 0.6) is 0 Å². The number of non-ortho nitro benzene ring substituents is 1. The third kappa shape index (κ3) is 4.08. The number of nitro groups is 1. The van der Waals surface area contributed by atoms with E-state index in [-0.39, 0.29) is 5.69 Å². The molecule has 0 fully saturated rings. The Bertz CT molecular complexity index is 918. The van der Waals surface area contributed by atoms with Gasteiger partial charge in [-0.2, -0.15) is 0 Å². The fraction of sp³-hybridized carbons (Fsp3) is 0.0714. The van der Waals surface area contributed by atoms with Crippen LogP contribution < -0.4 is 9.79 Å². The first-order chi connectivity index (χ1) is 11.8. The van der Waals surface area contributed by atoms with E-state index in [1.54, 1.807) is 0 Å². The van der Waals surface area contributed by atoms with E-state index in [1.165, 1.54) is 23.7 Å². The highest BCUT2D eigenvalue weighted by atomic mass is 32.2. The van der Waals surface area contributed by atoms with Crippen LogP contribution in [0.1, 0.15) is 0 Å². The van der Waals surface area contributed by atoms with Gasteiger partial charge in [0.25, 0.3) is 21.6 Å². The number of hydrogen-bond acceptors (Lipinski definition) is 6. The summed E-state index contributed by atoms with van der Waals surface area (Å²) < 4.78 is 39.4. The SMILES string of the molecule is O=C(CN(c1cccc([N+](=O)[O-])c1)S(=O)(=O)c1cccc(F)c1)NO. The smallest absolute Gasteiger partial charge is 0.271 e. The van der Waals surface area contributed by atoms with Gasteiger partial charge in [0.15, 0.2) is 0 Å². The lowest BCUT2D eigenvalue weighted by atomic mass is 10.3. The van der Waals surface area contributed by atoms with Crippen LogP contribution in [0.25, 0.3) is 0 Å². The number of sulfonamides is 1. The number of rotatable bonds is 6. The number of nitro benzene ring substituents is 1. The molecule has 132 valence electrons. The molecule has 0 unspecified atom stereocenters. The second kappa shape index (κ2) is 7.23. The summed E-state index contributed by atoms with van der Waals surface area (Å²) in [6.45, 7) is -0.865. The molecule has 2 aromatic rings. The maximum absolute atomic E-state index is 13.4. The molecule has 2 N–H and O–H groups in total. The van der Waals surface area contributed by atoms with E-state index in [0.29, 0.717) is 4.31 Å². The molecule has 0 bridgehead atoms. The minimum atomic E-state index is -4.43. The molecule has 9 nitrogen and oxygen atoms in total. The molecule has 0 heterocycles. The van der Waals surface area contributed by atoms with E-state index in [4.69, 9.17) is 5.21 Å². The van der Waals surface area contributed by atoms with Gasteiger partial charge in [0.1, 0.15) is 12.4 Å². The first-order valence-electron chi connectivity index (χ1n) is 6.71. The second-order valence-corrected chi connectivity index (χ2v) is 6.64. The maximum atomic E-state index is 13.4. The van der Waals surface area contributed by atoms with Crippen molar-refractivity contribution in [1.82, 2.24) is 5.48 Å². The van der Waals surface area contributed by atoms with Gasteiger partial charge in [-0.05, 0) is 24.3 Å². The van der Waals surface area contributed by atoms with Crippen molar-refractivity contribution in [3.63, 3.8) is 0 Å². The highest BCUT2D eigenvalue weighted by Crippen LogP contribution is 2.27. The van der Waals surface area contributed by atoms with Gasteiger partial charge in [-0.25, -0.2) is 18.3 Å². The monoisotopic (exact) mass is 369 g/mol. The fourth-order valence-electron chi connectivity index (χ4n) is 2.00. The average molecular weight is 369 g/mol. The topological polar surface area (TPSA) is 130 Å². The van der Waals surface area contributed by atoms with Crippen LogP contribution in [-0.2, 0) is 14.8 Å². The minimum Gasteiger partial charge on any atom is -0.289 e. The summed E-state index contributed by atoms with van der Waals surface area (Å²) in [7, 11) is -4.43. The molecule has 0 saturated heterocycles. The Labute approximate surface area is 141 Å². The van der Waals surface area contributed by atoms with Crippen molar-refractivity contribution in [1.29, 1.82) is 0 Å². The molecular weight excluding hydrogens is 357 g/mol. The molecule has 2 aromatic carbocycles. The molecular formula is C14H12FN3O6S. The number of hydrogen-bond donors (Lipinski definition) is 2. The van der Waals surface area contributed by atoms with Gasteiger partial charge < -0.3 is 0 Å². The summed E-state index contributed by atoms with van der Waals surface area (Å²) in [5.74, 6) is -1.89. The van der Waals surface area contributed by atoms with Crippen molar-refractivity contribution in [3.8, 4) is 0 Å². The number of carbonyl (C=O) groups excluding carboxylic acids is 1. The Balaban J connectivity index is 2.58. The number of amides is 1. The standard InChI is InChI=1S/C14H12FN3O6S/c15-10-3-1-6-13(7-10)25(23,24)17(9-14(19)16-20)11-4-2-5-12(8-11)18(21)22/h1-8,20H,9H2,(H,16,19). The van der Waals surface area contributed by atoms with E-state index >= 15 is 0 Å². The molecule has 0 aliphatic rings. The van der Waals surface area contributed by atoms with Crippen molar-refractivity contribution in [3.05, 3.63) is 64.5 Å². The van der Waals surface area contributed by atoms with Crippen LogP contribution in [0.4, 0.5) is 15.8 Å². The van der Waals surface area contributed by atoms with Crippen LogP contribution >= 0.6 is 0 Å². The highest BCUT2D eigenvalue weighted by Gasteiger charge is 2.28. The van der Waals surface area contributed by atoms with Gasteiger partial charge in [0.2, 0.25) is 0 Å². The number of nitrogens with one attached hydrogen (secondary N) is 1. The normalized spacial score (nSPS) is 11.0. The number of carbonyl (C=O) groups is 1. The van der Waals surface area contributed by atoms with Gasteiger partial charge in [-0.15, -0.1) is 0 Å². The summed E-state index contributed by atoms with van der Waals surface area (Å²) in [5, 5.41) is 19.6. The Morgan fingerprint density at radius 1 is 1.24 bits per heavy atom. The molecule has 11 heteroatoms. The Morgan fingerprint density at radius 2 is 1.92 bits per heavy atom. The third-order valence-corrected chi connectivity index (χ3v) is 4.89. The first kappa shape index (κ1) is 18.3. The van der Waals surface area contributed by atoms with Crippen molar-refractivity contribution in [2.24, 2.45) is 0 Å².